The van der Waals surface area contributed by atoms with E-state index in [-0.39, 0.29) is 18.9 Å². The summed E-state index contributed by atoms with van der Waals surface area (Å²) >= 11 is 0. The van der Waals surface area contributed by atoms with E-state index in [0.717, 1.165) is 12.8 Å². The van der Waals surface area contributed by atoms with Gasteiger partial charge in [-0.15, -0.1) is 0 Å². The van der Waals surface area contributed by atoms with Crippen molar-refractivity contribution in [1.82, 2.24) is 13.5 Å². The van der Waals surface area contributed by atoms with Gasteiger partial charge in [0.1, 0.15) is 0 Å². The molecule has 1 aromatic carbocycles. The van der Waals surface area contributed by atoms with Crippen LogP contribution < -0.4 is 0 Å². The molecule has 26 heavy (non-hydrogen) atoms. The Labute approximate surface area is 154 Å². The monoisotopic (exact) mass is 379 g/mol. The van der Waals surface area contributed by atoms with E-state index in [2.05, 4.69) is 0 Å². The average Bonchev–Trinajstić information content (AvgIpc) is 3.32. The lowest BCUT2D eigenvalue weighted by atomic mass is 10.1. The highest BCUT2D eigenvalue weighted by Crippen LogP contribution is 2.26. The Kier molecular flexibility index (Phi) is 5.00. The minimum Gasteiger partial charge on any atom is -0.378 e. The maximum absolute atomic E-state index is 13.0. The lowest BCUT2D eigenvalue weighted by Crippen LogP contribution is -2.54. The van der Waals surface area contributed by atoms with Crippen molar-refractivity contribution in [2.75, 3.05) is 32.8 Å². The highest BCUT2D eigenvalue weighted by Gasteiger charge is 2.39. The van der Waals surface area contributed by atoms with Crippen molar-refractivity contribution in [2.45, 2.75) is 38.4 Å². The third-order valence-corrected chi connectivity index (χ3v) is 7.56. The summed E-state index contributed by atoms with van der Waals surface area (Å²) in [6.07, 6.45) is 1.97. The molecule has 142 valence electrons. The van der Waals surface area contributed by atoms with Crippen molar-refractivity contribution in [1.29, 1.82) is 0 Å². The van der Waals surface area contributed by atoms with Gasteiger partial charge in [0.25, 0.3) is 10.2 Å². The van der Waals surface area contributed by atoms with Crippen molar-refractivity contribution in [2.24, 2.45) is 0 Å². The van der Waals surface area contributed by atoms with Gasteiger partial charge >= 0.3 is 0 Å². The fourth-order valence-electron chi connectivity index (χ4n) is 4.01. The minimum absolute atomic E-state index is 0.0154. The molecule has 4 rings (SSSR count). The Balaban J connectivity index is 1.45. The number of hydrogen-bond donors (Lipinski definition) is 0. The van der Waals surface area contributed by atoms with Gasteiger partial charge in [-0.2, -0.15) is 17.0 Å². The molecule has 1 amide bonds. The highest BCUT2D eigenvalue weighted by atomic mass is 32.2. The van der Waals surface area contributed by atoms with Crippen molar-refractivity contribution < 1.29 is 17.9 Å². The second-order valence-electron chi connectivity index (χ2n) is 7.18. The molecule has 1 aromatic rings. The van der Waals surface area contributed by atoms with Crippen molar-refractivity contribution in [3.8, 4) is 0 Å². The predicted octanol–water partition coefficient (Wildman–Crippen LogP) is 0.960. The lowest BCUT2D eigenvalue weighted by Gasteiger charge is -2.37. The molecule has 1 atom stereocenters. The van der Waals surface area contributed by atoms with Gasteiger partial charge < -0.3 is 9.64 Å². The summed E-state index contributed by atoms with van der Waals surface area (Å²) in [4.78, 5) is 14.6. The molecular formula is C18H25N3O4S. The van der Waals surface area contributed by atoms with Crippen LogP contribution in [-0.2, 0) is 32.8 Å². The SMILES string of the molecule is O=C(C[C@H]1COCCN1S(=O)(=O)N1CCCC1)N1Cc2ccccc2C1. The van der Waals surface area contributed by atoms with E-state index in [1.54, 1.807) is 9.21 Å². The number of benzene rings is 1. The van der Waals surface area contributed by atoms with Gasteiger partial charge in [0.05, 0.1) is 19.3 Å². The Hall–Kier alpha value is -1.48. The van der Waals surface area contributed by atoms with Crippen LogP contribution in [0.1, 0.15) is 30.4 Å². The summed E-state index contributed by atoms with van der Waals surface area (Å²) < 4.78 is 34.4. The normalized spacial score (nSPS) is 24.8. The summed E-state index contributed by atoms with van der Waals surface area (Å²) in [6, 6.07) is 7.61. The number of hydrogen-bond acceptors (Lipinski definition) is 4. The van der Waals surface area contributed by atoms with E-state index >= 15 is 0 Å². The summed E-state index contributed by atoms with van der Waals surface area (Å²) in [7, 11) is -3.52. The van der Waals surface area contributed by atoms with Gasteiger partial charge in [0.2, 0.25) is 5.91 Å². The number of morpholine rings is 1. The second-order valence-corrected chi connectivity index (χ2v) is 9.06. The molecule has 3 aliphatic rings. The lowest BCUT2D eigenvalue weighted by molar-refractivity contribution is -0.133. The van der Waals surface area contributed by atoms with Crippen LogP contribution in [0.25, 0.3) is 0 Å². The first-order valence-electron chi connectivity index (χ1n) is 9.25. The van der Waals surface area contributed by atoms with E-state index in [1.165, 1.54) is 15.4 Å². The summed E-state index contributed by atoms with van der Waals surface area (Å²) in [5.41, 5.74) is 2.34. The molecule has 0 aliphatic carbocycles. The summed E-state index contributed by atoms with van der Waals surface area (Å²) in [5, 5.41) is 0. The molecular weight excluding hydrogens is 354 g/mol. The van der Waals surface area contributed by atoms with Crippen LogP contribution >= 0.6 is 0 Å². The van der Waals surface area contributed by atoms with Crippen LogP contribution in [0.15, 0.2) is 24.3 Å². The van der Waals surface area contributed by atoms with Gasteiger partial charge in [-0.05, 0) is 24.0 Å². The summed E-state index contributed by atoms with van der Waals surface area (Å²) in [6.45, 7) is 3.32. The van der Waals surface area contributed by atoms with Crippen molar-refractivity contribution >= 4 is 16.1 Å². The van der Waals surface area contributed by atoms with Gasteiger partial charge in [0.15, 0.2) is 0 Å². The Bertz CT molecular complexity index is 751. The number of ether oxygens (including phenoxy) is 1. The van der Waals surface area contributed by atoms with E-state index in [1.807, 2.05) is 24.3 Å². The number of fused-ring (bicyclic) bond motifs is 1. The van der Waals surface area contributed by atoms with Crippen LogP contribution in [0.4, 0.5) is 0 Å². The Morgan fingerprint density at radius 2 is 1.73 bits per heavy atom. The molecule has 2 saturated heterocycles. The van der Waals surface area contributed by atoms with Crippen molar-refractivity contribution in [3.63, 3.8) is 0 Å². The van der Waals surface area contributed by atoms with Gasteiger partial charge in [-0.1, -0.05) is 24.3 Å². The molecule has 3 heterocycles. The molecule has 8 heteroatoms. The topological polar surface area (TPSA) is 70.2 Å². The zero-order valence-electron chi connectivity index (χ0n) is 14.8. The maximum atomic E-state index is 13.0. The van der Waals surface area contributed by atoms with Gasteiger partial charge in [-0.25, -0.2) is 0 Å². The second kappa shape index (κ2) is 7.26. The molecule has 0 aromatic heterocycles. The minimum atomic E-state index is -3.52. The first kappa shape index (κ1) is 17.9. The standard InChI is InChI=1S/C18H25N3O4S/c22-18(19-12-15-5-1-2-6-16(15)13-19)11-17-14-25-10-9-21(17)26(23,24)20-7-3-4-8-20/h1-2,5-6,17H,3-4,7-14H2/t17-/m0/s1. The first-order valence-corrected chi connectivity index (χ1v) is 10.6. The quantitative estimate of drug-likeness (QED) is 0.781. The van der Waals surface area contributed by atoms with E-state index in [0.29, 0.717) is 39.3 Å². The predicted molar refractivity (Wildman–Crippen MR) is 96.4 cm³/mol. The fraction of sp³-hybridized carbons (Fsp3) is 0.611. The third-order valence-electron chi connectivity index (χ3n) is 5.46. The number of carbonyl (C=O) groups excluding carboxylic acids is 1. The zero-order chi connectivity index (χ0) is 18.1. The highest BCUT2D eigenvalue weighted by molar-refractivity contribution is 7.86. The number of rotatable bonds is 4. The summed E-state index contributed by atoms with van der Waals surface area (Å²) in [5.74, 6) is -0.0154. The molecule has 0 spiro atoms. The Morgan fingerprint density at radius 1 is 1.08 bits per heavy atom. The van der Waals surface area contributed by atoms with Crippen molar-refractivity contribution in [3.05, 3.63) is 35.4 Å². The maximum Gasteiger partial charge on any atom is 0.282 e. The zero-order valence-corrected chi connectivity index (χ0v) is 15.7. The van der Waals surface area contributed by atoms with Crippen LogP contribution in [0, 0.1) is 0 Å². The Morgan fingerprint density at radius 3 is 2.38 bits per heavy atom. The smallest absolute Gasteiger partial charge is 0.282 e. The van der Waals surface area contributed by atoms with Crippen LogP contribution in [0.3, 0.4) is 0 Å². The molecule has 3 aliphatic heterocycles. The van der Waals surface area contributed by atoms with Crippen LogP contribution in [0.5, 0.6) is 0 Å². The molecule has 0 bridgehead atoms. The van der Waals surface area contributed by atoms with Gasteiger partial charge in [0, 0.05) is 39.1 Å². The van der Waals surface area contributed by atoms with Crippen LogP contribution in [0.2, 0.25) is 0 Å². The van der Waals surface area contributed by atoms with Crippen LogP contribution in [-0.4, -0.2) is 66.7 Å². The first-order chi connectivity index (χ1) is 12.6. The molecule has 0 N–H and O–H groups in total. The van der Waals surface area contributed by atoms with E-state index in [9.17, 15) is 13.2 Å². The molecule has 0 saturated carbocycles. The number of amides is 1. The molecule has 2 fully saturated rings. The molecule has 0 radical (unpaired) electrons. The van der Waals surface area contributed by atoms with E-state index < -0.39 is 16.3 Å². The fourth-order valence-corrected chi connectivity index (χ4v) is 5.85. The average molecular weight is 379 g/mol. The molecule has 0 unspecified atom stereocenters. The largest absolute Gasteiger partial charge is 0.378 e. The van der Waals surface area contributed by atoms with Gasteiger partial charge in [-0.3, -0.25) is 4.79 Å². The number of carbonyl (C=O) groups is 1. The number of nitrogens with zero attached hydrogens (tertiary/aromatic N) is 3. The third kappa shape index (κ3) is 3.38. The molecule has 7 nitrogen and oxygen atoms in total. The van der Waals surface area contributed by atoms with E-state index in [4.69, 9.17) is 4.74 Å².